The molecular formula is C11H10F3IO2. The Morgan fingerprint density at radius 2 is 2.00 bits per heavy atom. The van der Waals surface area contributed by atoms with Crippen molar-refractivity contribution in [3.8, 4) is 0 Å². The van der Waals surface area contributed by atoms with Crippen LogP contribution in [0.5, 0.6) is 0 Å². The molecule has 0 aliphatic heterocycles. The second kappa shape index (κ2) is 5.70. The second-order valence-corrected chi connectivity index (χ2v) is 4.67. The first kappa shape index (κ1) is 14.3. The zero-order valence-corrected chi connectivity index (χ0v) is 11.1. The molecule has 2 nitrogen and oxygen atoms in total. The van der Waals surface area contributed by atoms with E-state index in [1.807, 2.05) is 22.6 Å². The maximum absolute atomic E-state index is 12.5. The Balaban J connectivity index is 2.87. The van der Waals surface area contributed by atoms with E-state index in [2.05, 4.69) is 4.74 Å². The summed E-state index contributed by atoms with van der Waals surface area (Å²) in [7, 11) is 1.25. The van der Waals surface area contributed by atoms with Gasteiger partial charge in [-0.05, 0) is 52.8 Å². The molecule has 0 spiro atoms. The Bertz CT molecular complexity index is 416. The quantitative estimate of drug-likeness (QED) is 0.612. The summed E-state index contributed by atoms with van der Waals surface area (Å²) in [4.78, 5) is 10.9. The fourth-order valence-corrected chi connectivity index (χ4v) is 2.04. The van der Waals surface area contributed by atoms with Crippen molar-refractivity contribution >= 4 is 28.6 Å². The number of hydrogen-bond donors (Lipinski definition) is 0. The van der Waals surface area contributed by atoms with Crippen LogP contribution in [-0.2, 0) is 22.1 Å². The predicted molar refractivity (Wildman–Crippen MR) is 64.5 cm³/mol. The molecule has 0 unspecified atom stereocenters. The van der Waals surface area contributed by atoms with Gasteiger partial charge in [-0.2, -0.15) is 13.2 Å². The standard InChI is InChI=1S/C11H10F3IO2/c1-17-10(16)3-2-7-4-8(11(12,13)14)6-9(15)5-7/h4-6H,2-3H2,1H3. The summed E-state index contributed by atoms with van der Waals surface area (Å²) in [6.45, 7) is 0. The van der Waals surface area contributed by atoms with Gasteiger partial charge >= 0.3 is 12.1 Å². The molecule has 0 saturated carbocycles. The van der Waals surface area contributed by atoms with Crippen LogP contribution in [0.1, 0.15) is 17.5 Å². The van der Waals surface area contributed by atoms with E-state index in [0.29, 0.717) is 9.13 Å². The number of halogens is 4. The van der Waals surface area contributed by atoms with Crippen LogP contribution in [0, 0.1) is 3.57 Å². The average Bonchev–Trinajstić information content (AvgIpc) is 2.24. The van der Waals surface area contributed by atoms with Gasteiger partial charge in [0.2, 0.25) is 0 Å². The van der Waals surface area contributed by atoms with Gasteiger partial charge in [0.25, 0.3) is 0 Å². The van der Waals surface area contributed by atoms with E-state index >= 15 is 0 Å². The van der Waals surface area contributed by atoms with E-state index in [0.717, 1.165) is 12.1 Å². The van der Waals surface area contributed by atoms with Gasteiger partial charge in [-0.15, -0.1) is 0 Å². The number of hydrogen-bond acceptors (Lipinski definition) is 2. The summed E-state index contributed by atoms with van der Waals surface area (Å²) in [6.07, 6.45) is -4.04. The molecule has 0 aliphatic rings. The van der Waals surface area contributed by atoms with Gasteiger partial charge in [-0.1, -0.05) is 0 Å². The van der Waals surface area contributed by atoms with Gasteiger partial charge < -0.3 is 4.74 Å². The average molecular weight is 358 g/mol. The smallest absolute Gasteiger partial charge is 0.416 e. The van der Waals surface area contributed by atoms with Crippen LogP contribution in [-0.4, -0.2) is 13.1 Å². The van der Waals surface area contributed by atoms with Gasteiger partial charge in [-0.3, -0.25) is 4.79 Å². The number of benzene rings is 1. The van der Waals surface area contributed by atoms with Crippen LogP contribution in [0.3, 0.4) is 0 Å². The van der Waals surface area contributed by atoms with Gasteiger partial charge in [-0.25, -0.2) is 0 Å². The third-order valence-electron chi connectivity index (χ3n) is 2.13. The van der Waals surface area contributed by atoms with Crippen LogP contribution >= 0.6 is 22.6 Å². The Labute approximate surface area is 110 Å². The Hall–Kier alpha value is -0.790. The Morgan fingerprint density at radius 3 is 2.53 bits per heavy atom. The lowest BCUT2D eigenvalue weighted by atomic mass is 10.1. The first-order chi connectivity index (χ1) is 7.82. The molecule has 0 atom stereocenters. The van der Waals surface area contributed by atoms with E-state index in [-0.39, 0.29) is 12.8 Å². The topological polar surface area (TPSA) is 26.3 Å². The third-order valence-corrected chi connectivity index (χ3v) is 2.75. The van der Waals surface area contributed by atoms with Crippen LogP contribution in [0.15, 0.2) is 18.2 Å². The number of rotatable bonds is 3. The molecule has 6 heteroatoms. The van der Waals surface area contributed by atoms with Gasteiger partial charge in [0.1, 0.15) is 0 Å². The van der Waals surface area contributed by atoms with Crippen molar-refractivity contribution in [3.63, 3.8) is 0 Å². The molecule has 0 radical (unpaired) electrons. The molecule has 0 saturated heterocycles. The molecule has 0 N–H and O–H groups in total. The van der Waals surface area contributed by atoms with Crippen LogP contribution in [0.25, 0.3) is 0 Å². The van der Waals surface area contributed by atoms with Gasteiger partial charge in [0.05, 0.1) is 12.7 Å². The first-order valence-electron chi connectivity index (χ1n) is 4.76. The van der Waals surface area contributed by atoms with Crippen molar-refractivity contribution < 1.29 is 22.7 Å². The summed E-state index contributed by atoms with van der Waals surface area (Å²) in [5.74, 6) is -0.433. The number of esters is 1. The summed E-state index contributed by atoms with van der Waals surface area (Å²) in [5.41, 5.74) is -0.209. The molecule has 94 valence electrons. The van der Waals surface area contributed by atoms with Crippen LogP contribution in [0.2, 0.25) is 0 Å². The van der Waals surface area contributed by atoms with Crippen LogP contribution in [0.4, 0.5) is 13.2 Å². The van der Waals surface area contributed by atoms with Crippen LogP contribution < -0.4 is 0 Å². The summed E-state index contributed by atoms with van der Waals surface area (Å²) in [5, 5.41) is 0. The van der Waals surface area contributed by atoms with Crippen molar-refractivity contribution in [1.82, 2.24) is 0 Å². The fourth-order valence-electron chi connectivity index (χ4n) is 1.31. The van der Waals surface area contributed by atoms with Gasteiger partial charge in [0.15, 0.2) is 0 Å². The molecule has 0 aliphatic carbocycles. The highest BCUT2D eigenvalue weighted by Crippen LogP contribution is 2.31. The number of methoxy groups -OCH3 is 1. The SMILES string of the molecule is COC(=O)CCc1cc(I)cc(C(F)(F)F)c1. The number of aryl methyl sites for hydroxylation is 1. The molecule has 0 amide bonds. The highest BCUT2D eigenvalue weighted by atomic mass is 127. The Morgan fingerprint density at radius 1 is 1.35 bits per heavy atom. The lowest BCUT2D eigenvalue weighted by Crippen LogP contribution is -2.07. The molecule has 1 rings (SSSR count). The number of ether oxygens (including phenoxy) is 1. The van der Waals surface area contributed by atoms with Crippen molar-refractivity contribution in [1.29, 1.82) is 0 Å². The minimum absolute atomic E-state index is 0.0773. The largest absolute Gasteiger partial charge is 0.469 e. The van der Waals surface area contributed by atoms with Crippen molar-refractivity contribution in [2.75, 3.05) is 7.11 Å². The lowest BCUT2D eigenvalue weighted by molar-refractivity contribution is -0.140. The van der Waals surface area contributed by atoms with E-state index in [1.165, 1.54) is 7.11 Å². The zero-order valence-electron chi connectivity index (χ0n) is 8.97. The van der Waals surface area contributed by atoms with E-state index in [4.69, 9.17) is 0 Å². The van der Waals surface area contributed by atoms with E-state index in [1.54, 1.807) is 6.07 Å². The van der Waals surface area contributed by atoms with E-state index in [9.17, 15) is 18.0 Å². The first-order valence-corrected chi connectivity index (χ1v) is 5.84. The minimum Gasteiger partial charge on any atom is -0.469 e. The molecule has 0 aromatic heterocycles. The zero-order chi connectivity index (χ0) is 13.1. The van der Waals surface area contributed by atoms with Crippen molar-refractivity contribution in [2.24, 2.45) is 0 Å². The number of carbonyl (C=O) groups is 1. The van der Waals surface area contributed by atoms with Crippen molar-refractivity contribution in [2.45, 2.75) is 19.0 Å². The fraction of sp³-hybridized carbons (Fsp3) is 0.364. The maximum Gasteiger partial charge on any atom is 0.416 e. The number of carbonyl (C=O) groups excluding carboxylic acids is 1. The lowest BCUT2D eigenvalue weighted by Gasteiger charge is -2.09. The molecule has 0 bridgehead atoms. The highest BCUT2D eigenvalue weighted by molar-refractivity contribution is 14.1. The summed E-state index contributed by atoms with van der Waals surface area (Å²) >= 11 is 1.82. The molecular weight excluding hydrogens is 348 g/mol. The summed E-state index contributed by atoms with van der Waals surface area (Å²) < 4.78 is 42.5. The monoisotopic (exact) mass is 358 g/mol. The third kappa shape index (κ3) is 4.53. The maximum atomic E-state index is 12.5. The molecule has 1 aromatic rings. The second-order valence-electron chi connectivity index (χ2n) is 3.42. The molecule has 1 aromatic carbocycles. The summed E-state index contributed by atoms with van der Waals surface area (Å²) in [6, 6.07) is 3.76. The van der Waals surface area contributed by atoms with E-state index < -0.39 is 17.7 Å². The normalized spacial score (nSPS) is 11.4. The minimum atomic E-state index is -4.36. The van der Waals surface area contributed by atoms with Crippen molar-refractivity contribution in [3.05, 3.63) is 32.9 Å². The molecule has 17 heavy (non-hydrogen) atoms. The Kier molecular flexibility index (Phi) is 4.79. The van der Waals surface area contributed by atoms with Gasteiger partial charge in [0, 0.05) is 9.99 Å². The predicted octanol–water partition coefficient (Wildman–Crippen LogP) is 3.42. The highest BCUT2D eigenvalue weighted by Gasteiger charge is 2.30. The molecule has 0 heterocycles. The number of alkyl halides is 3. The molecule has 0 fully saturated rings.